The Labute approximate surface area is 148 Å². The van der Waals surface area contributed by atoms with Gasteiger partial charge in [-0.3, -0.25) is 4.79 Å². The molecule has 5 nitrogen and oxygen atoms in total. The van der Waals surface area contributed by atoms with Crippen LogP contribution >= 0.6 is 0 Å². The number of carbonyl (C=O) groups excluding carboxylic acids is 2. The minimum atomic E-state index is -0.361. The highest BCUT2D eigenvalue weighted by Gasteiger charge is 2.21. The molecule has 5 heteroatoms. The lowest BCUT2D eigenvalue weighted by Crippen LogP contribution is -2.09. The normalized spacial score (nSPS) is 10.5. The first-order valence-electron chi connectivity index (χ1n) is 8.55. The molecule has 134 valence electrons. The number of hydrogen-bond donors (Lipinski definition) is 1. The van der Waals surface area contributed by atoms with Crippen molar-refractivity contribution in [2.24, 2.45) is 0 Å². The zero-order valence-electron chi connectivity index (χ0n) is 15.1. The van der Waals surface area contributed by atoms with E-state index in [0.717, 1.165) is 35.2 Å². The number of aromatic nitrogens is 1. The molecule has 2 aromatic rings. The SMILES string of the molecule is CCCc1c(C(=O)OCc2ccccc2)[nH]c(C)c1CCC(=O)OC. The van der Waals surface area contributed by atoms with Gasteiger partial charge in [-0.2, -0.15) is 0 Å². The average molecular weight is 343 g/mol. The lowest BCUT2D eigenvalue weighted by Gasteiger charge is -2.08. The summed E-state index contributed by atoms with van der Waals surface area (Å²) in [5.41, 5.74) is 4.30. The zero-order valence-corrected chi connectivity index (χ0v) is 15.1. The molecular weight excluding hydrogens is 318 g/mol. The highest BCUT2D eigenvalue weighted by Crippen LogP contribution is 2.23. The van der Waals surface area contributed by atoms with E-state index in [-0.39, 0.29) is 18.5 Å². The molecule has 2 rings (SSSR count). The highest BCUT2D eigenvalue weighted by atomic mass is 16.5. The lowest BCUT2D eigenvalue weighted by molar-refractivity contribution is -0.140. The smallest absolute Gasteiger partial charge is 0.355 e. The molecule has 1 N–H and O–H groups in total. The summed E-state index contributed by atoms with van der Waals surface area (Å²) in [6.45, 7) is 4.21. The van der Waals surface area contributed by atoms with Gasteiger partial charge in [-0.25, -0.2) is 4.79 Å². The minimum Gasteiger partial charge on any atom is -0.469 e. The number of nitrogens with one attached hydrogen (secondary N) is 1. The van der Waals surface area contributed by atoms with Crippen LogP contribution < -0.4 is 0 Å². The number of rotatable bonds is 8. The van der Waals surface area contributed by atoms with Gasteiger partial charge in [0, 0.05) is 12.1 Å². The molecule has 0 spiro atoms. The topological polar surface area (TPSA) is 68.4 Å². The summed E-state index contributed by atoms with van der Waals surface area (Å²) in [7, 11) is 1.38. The quantitative estimate of drug-likeness (QED) is 0.742. The Kier molecular flexibility index (Phi) is 6.81. The third kappa shape index (κ3) is 4.95. The van der Waals surface area contributed by atoms with E-state index in [1.165, 1.54) is 7.11 Å². The predicted molar refractivity (Wildman–Crippen MR) is 95.4 cm³/mol. The van der Waals surface area contributed by atoms with E-state index in [1.807, 2.05) is 37.3 Å². The first-order chi connectivity index (χ1) is 12.1. The monoisotopic (exact) mass is 343 g/mol. The second-order valence-electron chi connectivity index (χ2n) is 5.97. The van der Waals surface area contributed by atoms with Crippen molar-refractivity contribution in [3.05, 3.63) is 58.4 Å². The maximum absolute atomic E-state index is 12.5. The third-order valence-electron chi connectivity index (χ3n) is 4.15. The highest BCUT2D eigenvalue weighted by molar-refractivity contribution is 5.90. The van der Waals surface area contributed by atoms with Crippen molar-refractivity contribution in [3.8, 4) is 0 Å². The fourth-order valence-corrected chi connectivity index (χ4v) is 2.88. The van der Waals surface area contributed by atoms with Gasteiger partial charge in [-0.15, -0.1) is 0 Å². The number of methoxy groups -OCH3 is 1. The summed E-state index contributed by atoms with van der Waals surface area (Å²) in [5.74, 6) is -0.615. The van der Waals surface area contributed by atoms with E-state index in [2.05, 4.69) is 11.9 Å². The van der Waals surface area contributed by atoms with Crippen LogP contribution in [0.4, 0.5) is 0 Å². The standard InChI is InChI=1S/C20H25NO4/c1-4-8-17-16(11-12-18(22)24-3)14(2)21-19(17)20(23)25-13-15-9-6-5-7-10-15/h5-7,9-10,21H,4,8,11-13H2,1-3H3. The molecule has 1 aromatic heterocycles. The number of H-pyrrole nitrogens is 1. The Balaban J connectivity index is 2.15. The van der Waals surface area contributed by atoms with Crippen molar-refractivity contribution >= 4 is 11.9 Å². The van der Waals surface area contributed by atoms with Crippen molar-refractivity contribution in [1.82, 2.24) is 4.98 Å². The molecule has 0 amide bonds. The van der Waals surface area contributed by atoms with Crippen LogP contribution in [0.15, 0.2) is 30.3 Å². The molecule has 0 aliphatic carbocycles. The Morgan fingerprint density at radius 3 is 2.44 bits per heavy atom. The Bertz CT molecular complexity index is 719. The number of aromatic amines is 1. The number of benzene rings is 1. The molecular formula is C20H25NO4. The molecule has 0 unspecified atom stereocenters. The Morgan fingerprint density at radius 1 is 1.08 bits per heavy atom. The summed E-state index contributed by atoms with van der Waals surface area (Å²) in [4.78, 5) is 27.1. The predicted octanol–water partition coefficient (Wildman–Crippen LogP) is 3.74. The van der Waals surface area contributed by atoms with E-state index in [1.54, 1.807) is 0 Å². The fourth-order valence-electron chi connectivity index (χ4n) is 2.88. The summed E-state index contributed by atoms with van der Waals surface area (Å²) in [6, 6.07) is 9.58. The van der Waals surface area contributed by atoms with Crippen LogP contribution in [0, 0.1) is 6.92 Å². The van der Waals surface area contributed by atoms with Crippen molar-refractivity contribution in [3.63, 3.8) is 0 Å². The fraction of sp³-hybridized carbons (Fsp3) is 0.400. The summed E-state index contributed by atoms with van der Waals surface area (Å²) in [6.07, 6.45) is 2.51. The van der Waals surface area contributed by atoms with Crippen LogP contribution in [-0.2, 0) is 33.7 Å². The molecule has 0 saturated heterocycles. The third-order valence-corrected chi connectivity index (χ3v) is 4.15. The van der Waals surface area contributed by atoms with Crippen LogP contribution in [0.2, 0.25) is 0 Å². The average Bonchev–Trinajstić information content (AvgIpc) is 2.94. The Morgan fingerprint density at radius 2 is 1.80 bits per heavy atom. The van der Waals surface area contributed by atoms with Crippen molar-refractivity contribution in [2.45, 2.75) is 46.1 Å². The van der Waals surface area contributed by atoms with E-state index in [0.29, 0.717) is 18.5 Å². The number of hydrogen-bond acceptors (Lipinski definition) is 4. The van der Waals surface area contributed by atoms with Crippen LogP contribution in [0.1, 0.15) is 52.6 Å². The van der Waals surface area contributed by atoms with Crippen LogP contribution in [-0.4, -0.2) is 24.0 Å². The first-order valence-corrected chi connectivity index (χ1v) is 8.55. The molecule has 0 fully saturated rings. The van der Waals surface area contributed by atoms with Gasteiger partial charge < -0.3 is 14.5 Å². The van der Waals surface area contributed by atoms with E-state index in [4.69, 9.17) is 9.47 Å². The van der Waals surface area contributed by atoms with E-state index in [9.17, 15) is 9.59 Å². The lowest BCUT2D eigenvalue weighted by atomic mass is 10.00. The summed E-state index contributed by atoms with van der Waals surface area (Å²) in [5, 5.41) is 0. The molecule has 0 aliphatic heterocycles. The Hall–Kier alpha value is -2.56. The molecule has 1 heterocycles. The van der Waals surface area contributed by atoms with Gasteiger partial charge in [0.1, 0.15) is 12.3 Å². The zero-order chi connectivity index (χ0) is 18.2. The molecule has 0 radical (unpaired) electrons. The van der Waals surface area contributed by atoms with Crippen molar-refractivity contribution in [2.75, 3.05) is 7.11 Å². The van der Waals surface area contributed by atoms with Crippen molar-refractivity contribution < 1.29 is 19.1 Å². The maximum Gasteiger partial charge on any atom is 0.355 e. The van der Waals surface area contributed by atoms with E-state index < -0.39 is 0 Å². The second kappa shape index (κ2) is 9.06. The van der Waals surface area contributed by atoms with Gasteiger partial charge in [-0.1, -0.05) is 43.7 Å². The molecule has 0 saturated carbocycles. The molecule has 0 atom stereocenters. The largest absolute Gasteiger partial charge is 0.469 e. The van der Waals surface area contributed by atoms with Crippen LogP contribution in [0.25, 0.3) is 0 Å². The second-order valence-corrected chi connectivity index (χ2v) is 5.97. The maximum atomic E-state index is 12.5. The number of ether oxygens (including phenoxy) is 2. The number of aryl methyl sites for hydroxylation is 1. The van der Waals surface area contributed by atoms with Crippen LogP contribution in [0.3, 0.4) is 0 Å². The molecule has 1 aromatic carbocycles. The van der Waals surface area contributed by atoms with Gasteiger partial charge in [-0.05, 0) is 36.5 Å². The van der Waals surface area contributed by atoms with Crippen molar-refractivity contribution in [1.29, 1.82) is 0 Å². The van der Waals surface area contributed by atoms with Gasteiger partial charge in [0.25, 0.3) is 0 Å². The molecule has 0 aliphatic rings. The number of esters is 2. The van der Waals surface area contributed by atoms with E-state index >= 15 is 0 Å². The van der Waals surface area contributed by atoms with Gasteiger partial charge in [0.05, 0.1) is 7.11 Å². The first kappa shape index (κ1) is 18.8. The van der Waals surface area contributed by atoms with Gasteiger partial charge in [0.15, 0.2) is 0 Å². The minimum absolute atomic E-state index is 0.237. The van der Waals surface area contributed by atoms with Crippen LogP contribution in [0.5, 0.6) is 0 Å². The number of carbonyl (C=O) groups is 2. The van der Waals surface area contributed by atoms with Gasteiger partial charge in [0.2, 0.25) is 0 Å². The molecule has 25 heavy (non-hydrogen) atoms. The van der Waals surface area contributed by atoms with Gasteiger partial charge >= 0.3 is 11.9 Å². The summed E-state index contributed by atoms with van der Waals surface area (Å²) < 4.78 is 10.2. The molecule has 0 bridgehead atoms. The summed E-state index contributed by atoms with van der Waals surface area (Å²) >= 11 is 0.